The van der Waals surface area contributed by atoms with E-state index in [-0.39, 0.29) is 11.5 Å². The number of aromatic nitrogens is 4. The zero-order valence-electron chi connectivity index (χ0n) is 11.0. The van der Waals surface area contributed by atoms with Crippen LogP contribution in [0.3, 0.4) is 0 Å². The van der Waals surface area contributed by atoms with Crippen molar-refractivity contribution in [3.05, 3.63) is 47.4 Å². The van der Waals surface area contributed by atoms with Gasteiger partial charge in [0.1, 0.15) is 6.33 Å². The van der Waals surface area contributed by atoms with Crippen LogP contribution in [0.2, 0.25) is 0 Å². The van der Waals surface area contributed by atoms with E-state index in [0.29, 0.717) is 5.69 Å². The van der Waals surface area contributed by atoms with Crippen LogP contribution in [0, 0.1) is 13.8 Å². The Kier molecular flexibility index (Phi) is 2.71. The maximum atomic E-state index is 11.2. The number of hydrogen-bond acceptors (Lipinski definition) is 4. The van der Waals surface area contributed by atoms with Crippen LogP contribution in [0.5, 0.6) is 0 Å². The lowest BCUT2D eigenvalue weighted by Gasteiger charge is -2.09. The molecule has 0 aliphatic heterocycles. The van der Waals surface area contributed by atoms with Crippen molar-refractivity contribution in [1.29, 1.82) is 0 Å². The molecule has 3 aromatic rings. The van der Waals surface area contributed by atoms with Crippen LogP contribution in [0.15, 0.2) is 30.6 Å². The van der Waals surface area contributed by atoms with E-state index in [2.05, 4.69) is 15.1 Å². The Hall–Kier alpha value is -2.76. The van der Waals surface area contributed by atoms with Crippen molar-refractivity contribution in [3.8, 4) is 11.3 Å². The quantitative estimate of drug-likeness (QED) is 0.769. The van der Waals surface area contributed by atoms with Crippen LogP contribution >= 0.6 is 0 Å². The molecule has 0 amide bonds. The van der Waals surface area contributed by atoms with Crippen LogP contribution in [0.1, 0.15) is 21.6 Å². The number of carboxylic acids is 1. The number of benzene rings is 1. The first kappa shape index (κ1) is 12.3. The monoisotopic (exact) mass is 268 g/mol. The summed E-state index contributed by atoms with van der Waals surface area (Å²) in [4.78, 5) is 19.1. The number of carbonyl (C=O) groups is 1. The number of fused-ring (bicyclic) bond motifs is 1. The highest BCUT2D eigenvalue weighted by molar-refractivity contribution is 5.87. The lowest BCUT2D eigenvalue weighted by atomic mass is 10.0. The summed E-state index contributed by atoms with van der Waals surface area (Å²) < 4.78 is 1.55. The van der Waals surface area contributed by atoms with Gasteiger partial charge in [-0.2, -0.15) is 14.6 Å². The fourth-order valence-electron chi connectivity index (χ4n) is 2.13. The van der Waals surface area contributed by atoms with Crippen molar-refractivity contribution in [2.45, 2.75) is 13.8 Å². The summed E-state index contributed by atoms with van der Waals surface area (Å²) in [7, 11) is 0. The van der Waals surface area contributed by atoms with Gasteiger partial charge in [0.15, 0.2) is 5.69 Å². The number of rotatable bonds is 2. The highest BCUT2D eigenvalue weighted by Gasteiger charge is 2.15. The lowest BCUT2D eigenvalue weighted by Crippen LogP contribution is -2.06. The molecule has 6 nitrogen and oxygen atoms in total. The first-order valence-electron chi connectivity index (χ1n) is 6.08. The molecule has 0 unspecified atom stereocenters. The summed E-state index contributed by atoms with van der Waals surface area (Å²) in [6.45, 7) is 3.96. The molecule has 0 fully saturated rings. The Balaban J connectivity index is 2.36. The lowest BCUT2D eigenvalue weighted by molar-refractivity contribution is 0.0690. The third-order valence-electron chi connectivity index (χ3n) is 3.14. The Morgan fingerprint density at radius 1 is 1.25 bits per heavy atom. The zero-order valence-corrected chi connectivity index (χ0v) is 11.0. The smallest absolute Gasteiger partial charge is 0.354 e. The van der Waals surface area contributed by atoms with Crippen molar-refractivity contribution < 1.29 is 9.90 Å². The largest absolute Gasteiger partial charge is 0.477 e. The molecule has 0 aliphatic rings. The predicted molar refractivity (Wildman–Crippen MR) is 72.7 cm³/mol. The third-order valence-corrected chi connectivity index (χ3v) is 3.14. The Labute approximate surface area is 114 Å². The Morgan fingerprint density at radius 3 is 2.80 bits per heavy atom. The maximum absolute atomic E-state index is 11.2. The van der Waals surface area contributed by atoms with Crippen LogP contribution < -0.4 is 0 Å². The number of aryl methyl sites for hydroxylation is 2. The van der Waals surface area contributed by atoms with Gasteiger partial charge in [-0.15, -0.1) is 0 Å². The summed E-state index contributed by atoms with van der Waals surface area (Å²) in [5, 5.41) is 13.3. The molecule has 6 heteroatoms. The van der Waals surface area contributed by atoms with Gasteiger partial charge >= 0.3 is 5.97 Å². The molecular formula is C14H12N4O2. The molecule has 2 heterocycles. The van der Waals surface area contributed by atoms with Crippen molar-refractivity contribution in [3.63, 3.8) is 0 Å². The summed E-state index contributed by atoms with van der Waals surface area (Å²) in [5.74, 6) is -0.803. The standard InChI is InChI=1S/C14H12N4O2/c1-8-3-4-9(2)10(5-8)12-6-11(13(19)20)17-14-15-7-16-18(12)14/h3-7H,1-2H3,(H,19,20). The molecule has 0 bridgehead atoms. The van der Waals surface area contributed by atoms with Gasteiger partial charge in [-0.1, -0.05) is 17.7 Å². The second-order valence-electron chi connectivity index (χ2n) is 4.62. The van der Waals surface area contributed by atoms with Gasteiger partial charge in [0.2, 0.25) is 0 Å². The van der Waals surface area contributed by atoms with E-state index in [1.807, 2.05) is 32.0 Å². The van der Waals surface area contributed by atoms with E-state index >= 15 is 0 Å². The zero-order chi connectivity index (χ0) is 14.3. The van der Waals surface area contributed by atoms with Crippen molar-refractivity contribution in [2.24, 2.45) is 0 Å². The van der Waals surface area contributed by atoms with E-state index in [9.17, 15) is 4.79 Å². The summed E-state index contributed by atoms with van der Waals surface area (Å²) in [6.07, 6.45) is 1.36. The Bertz CT molecular complexity index is 823. The highest BCUT2D eigenvalue weighted by Crippen LogP contribution is 2.25. The summed E-state index contributed by atoms with van der Waals surface area (Å²) in [5.41, 5.74) is 3.68. The third kappa shape index (κ3) is 1.91. The number of nitrogens with zero attached hydrogens (tertiary/aromatic N) is 4. The van der Waals surface area contributed by atoms with Gasteiger partial charge in [-0.05, 0) is 31.5 Å². The van der Waals surface area contributed by atoms with Crippen molar-refractivity contribution >= 4 is 11.7 Å². The van der Waals surface area contributed by atoms with E-state index < -0.39 is 5.97 Å². The first-order chi connectivity index (χ1) is 9.56. The average molecular weight is 268 g/mol. The van der Waals surface area contributed by atoms with Crippen LogP contribution in [-0.2, 0) is 0 Å². The van der Waals surface area contributed by atoms with Crippen molar-refractivity contribution in [1.82, 2.24) is 19.6 Å². The van der Waals surface area contributed by atoms with Gasteiger partial charge in [0, 0.05) is 5.56 Å². The van der Waals surface area contributed by atoms with Gasteiger partial charge < -0.3 is 5.11 Å². The SMILES string of the molecule is Cc1ccc(C)c(-c2cc(C(=O)O)nc3ncnn23)c1. The van der Waals surface area contributed by atoms with Gasteiger partial charge in [-0.3, -0.25) is 0 Å². The minimum Gasteiger partial charge on any atom is -0.477 e. The fraction of sp³-hybridized carbons (Fsp3) is 0.143. The topological polar surface area (TPSA) is 80.4 Å². The fourth-order valence-corrected chi connectivity index (χ4v) is 2.13. The van der Waals surface area contributed by atoms with Gasteiger partial charge in [0.25, 0.3) is 5.78 Å². The minimum atomic E-state index is -1.08. The van der Waals surface area contributed by atoms with Gasteiger partial charge in [-0.25, -0.2) is 9.78 Å². The van der Waals surface area contributed by atoms with Gasteiger partial charge in [0.05, 0.1) is 5.69 Å². The molecule has 3 rings (SSSR count). The van der Waals surface area contributed by atoms with Crippen LogP contribution in [-0.4, -0.2) is 30.7 Å². The molecule has 0 spiro atoms. The summed E-state index contributed by atoms with van der Waals surface area (Å²) in [6, 6.07) is 7.52. The number of hydrogen-bond donors (Lipinski definition) is 1. The normalized spacial score (nSPS) is 10.9. The first-order valence-corrected chi connectivity index (χ1v) is 6.08. The van der Waals surface area contributed by atoms with Crippen LogP contribution in [0.4, 0.5) is 0 Å². The predicted octanol–water partition coefficient (Wildman–Crippen LogP) is 2.11. The highest BCUT2D eigenvalue weighted by atomic mass is 16.4. The van der Waals surface area contributed by atoms with E-state index in [0.717, 1.165) is 16.7 Å². The molecule has 2 aromatic heterocycles. The molecule has 1 aromatic carbocycles. The van der Waals surface area contributed by atoms with Crippen LogP contribution in [0.25, 0.3) is 17.0 Å². The van der Waals surface area contributed by atoms with Crippen molar-refractivity contribution in [2.75, 3.05) is 0 Å². The van der Waals surface area contributed by atoms with E-state index in [1.54, 1.807) is 4.52 Å². The molecule has 0 aliphatic carbocycles. The molecule has 0 saturated heterocycles. The Morgan fingerprint density at radius 2 is 2.05 bits per heavy atom. The molecule has 100 valence electrons. The summed E-state index contributed by atoms with van der Waals surface area (Å²) >= 11 is 0. The number of carboxylic acid groups (broad SMARTS) is 1. The second kappa shape index (κ2) is 4.41. The maximum Gasteiger partial charge on any atom is 0.354 e. The van der Waals surface area contributed by atoms with E-state index in [4.69, 9.17) is 5.11 Å². The number of aromatic carboxylic acids is 1. The minimum absolute atomic E-state index is 0.0404. The average Bonchev–Trinajstić information content (AvgIpc) is 2.88. The molecule has 0 atom stereocenters. The van der Waals surface area contributed by atoms with E-state index in [1.165, 1.54) is 12.4 Å². The molecular weight excluding hydrogens is 256 g/mol. The molecule has 0 radical (unpaired) electrons. The molecule has 1 N–H and O–H groups in total. The second-order valence-corrected chi connectivity index (χ2v) is 4.62. The molecule has 20 heavy (non-hydrogen) atoms. The molecule has 0 saturated carbocycles.